The van der Waals surface area contributed by atoms with E-state index in [4.69, 9.17) is 15.2 Å². The van der Waals surface area contributed by atoms with E-state index >= 15 is 0 Å². The summed E-state index contributed by atoms with van der Waals surface area (Å²) in [5, 5.41) is 2.41. The fourth-order valence-corrected chi connectivity index (χ4v) is 1.70. The molecule has 0 spiro atoms. The molecule has 2 amide bonds. The van der Waals surface area contributed by atoms with Crippen LogP contribution in [0.5, 0.6) is 0 Å². The lowest BCUT2D eigenvalue weighted by Crippen LogP contribution is -2.46. The lowest BCUT2D eigenvalue weighted by Gasteiger charge is -2.18. The first-order valence-corrected chi connectivity index (χ1v) is 7.22. The van der Waals surface area contributed by atoms with E-state index in [9.17, 15) is 19.2 Å². The Morgan fingerprint density at radius 3 is 2.14 bits per heavy atom. The molecule has 0 fully saturated rings. The summed E-state index contributed by atoms with van der Waals surface area (Å²) in [6.45, 7) is 5.39. The van der Waals surface area contributed by atoms with Crippen LogP contribution in [0, 0.1) is 5.92 Å². The topological polar surface area (TPSA) is 125 Å². The summed E-state index contributed by atoms with van der Waals surface area (Å²) in [5.41, 5.74) is 5.21. The molecule has 0 aromatic rings. The summed E-state index contributed by atoms with van der Waals surface area (Å²) in [7, 11) is 0. The van der Waals surface area contributed by atoms with Gasteiger partial charge in [-0.15, -0.1) is 0 Å². The third-order valence-electron chi connectivity index (χ3n) is 2.82. The zero-order chi connectivity index (χ0) is 17.1. The first kappa shape index (κ1) is 19.9. The molecule has 0 aliphatic rings. The van der Waals surface area contributed by atoms with Crippen molar-refractivity contribution in [3.05, 3.63) is 0 Å². The van der Waals surface area contributed by atoms with Crippen molar-refractivity contribution in [1.29, 1.82) is 0 Å². The third kappa shape index (κ3) is 8.23. The second-order valence-corrected chi connectivity index (χ2v) is 4.72. The zero-order valence-corrected chi connectivity index (χ0v) is 13.2. The van der Waals surface area contributed by atoms with Gasteiger partial charge in [0.25, 0.3) is 0 Å². The number of carbonyl (C=O) groups is 4. The molecular formula is C14H24N2O6. The van der Waals surface area contributed by atoms with Crippen molar-refractivity contribution in [1.82, 2.24) is 5.32 Å². The number of rotatable bonds is 10. The summed E-state index contributed by atoms with van der Waals surface area (Å²) < 4.78 is 9.53. The molecule has 0 rings (SSSR count). The highest BCUT2D eigenvalue weighted by molar-refractivity contribution is 5.88. The molecule has 0 aliphatic heterocycles. The lowest BCUT2D eigenvalue weighted by molar-refractivity contribution is -0.148. The molecule has 0 aliphatic carbocycles. The zero-order valence-electron chi connectivity index (χ0n) is 13.2. The van der Waals surface area contributed by atoms with Crippen LogP contribution in [0.2, 0.25) is 0 Å². The number of ether oxygens (including phenoxy) is 2. The molecular weight excluding hydrogens is 292 g/mol. The molecule has 0 aromatic carbocycles. The summed E-state index contributed by atoms with van der Waals surface area (Å²) in [6.07, 6.45) is -0.158. The van der Waals surface area contributed by atoms with Crippen LogP contribution < -0.4 is 11.1 Å². The molecule has 0 aromatic heterocycles. The number of carbonyl (C=O) groups excluding carboxylic acids is 4. The van der Waals surface area contributed by atoms with Crippen LogP contribution in [-0.2, 0) is 28.7 Å². The van der Waals surface area contributed by atoms with Gasteiger partial charge in [-0.05, 0) is 20.3 Å². The molecule has 3 N–H and O–H groups in total. The number of hydrogen-bond acceptors (Lipinski definition) is 6. The van der Waals surface area contributed by atoms with Crippen LogP contribution in [0.15, 0.2) is 0 Å². The second kappa shape index (κ2) is 10.6. The van der Waals surface area contributed by atoms with Crippen molar-refractivity contribution in [2.45, 2.75) is 46.1 Å². The van der Waals surface area contributed by atoms with E-state index < -0.39 is 35.7 Å². The Morgan fingerprint density at radius 2 is 1.64 bits per heavy atom. The van der Waals surface area contributed by atoms with Gasteiger partial charge in [0.05, 0.1) is 25.6 Å². The van der Waals surface area contributed by atoms with Gasteiger partial charge < -0.3 is 20.5 Å². The Balaban J connectivity index is 4.40. The fourth-order valence-electron chi connectivity index (χ4n) is 1.70. The van der Waals surface area contributed by atoms with Crippen LogP contribution in [0.25, 0.3) is 0 Å². The highest BCUT2D eigenvalue weighted by Crippen LogP contribution is 2.09. The maximum atomic E-state index is 11.7. The van der Waals surface area contributed by atoms with Crippen molar-refractivity contribution in [2.75, 3.05) is 13.2 Å². The van der Waals surface area contributed by atoms with Gasteiger partial charge >= 0.3 is 11.9 Å². The molecule has 0 unspecified atom stereocenters. The van der Waals surface area contributed by atoms with Gasteiger partial charge in [-0.1, -0.05) is 6.92 Å². The van der Waals surface area contributed by atoms with Gasteiger partial charge in [0.1, 0.15) is 6.04 Å². The minimum absolute atomic E-state index is 0.0410. The maximum Gasteiger partial charge on any atom is 0.308 e. The number of esters is 2. The van der Waals surface area contributed by atoms with Crippen molar-refractivity contribution >= 4 is 23.8 Å². The van der Waals surface area contributed by atoms with Crippen molar-refractivity contribution in [3.8, 4) is 0 Å². The van der Waals surface area contributed by atoms with E-state index in [1.165, 1.54) is 0 Å². The van der Waals surface area contributed by atoms with E-state index in [-0.39, 0.29) is 32.5 Å². The molecule has 0 saturated heterocycles. The predicted octanol–water partition coefficient (Wildman–Crippen LogP) is -0.111. The summed E-state index contributed by atoms with van der Waals surface area (Å²) in [4.78, 5) is 45.7. The average molecular weight is 316 g/mol. The van der Waals surface area contributed by atoms with E-state index in [0.717, 1.165) is 0 Å². The van der Waals surface area contributed by atoms with Crippen molar-refractivity contribution < 1.29 is 28.7 Å². The van der Waals surface area contributed by atoms with Gasteiger partial charge in [0, 0.05) is 6.42 Å². The van der Waals surface area contributed by atoms with Crippen molar-refractivity contribution in [2.24, 2.45) is 11.7 Å². The van der Waals surface area contributed by atoms with E-state index in [1.807, 2.05) is 0 Å². The average Bonchev–Trinajstić information content (AvgIpc) is 2.44. The number of nitrogens with one attached hydrogen (secondary N) is 1. The maximum absolute atomic E-state index is 11.7. The van der Waals surface area contributed by atoms with E-state index in [1.54, 1.807) is 20.8 Å². The first-order chi connectivity index (χ1) is 10.3. The number of primary amides is 1. The van der Waals surface area contributed by atoms with Gasteiger partial charge in [-0.25, -0.2) is 0 Å². The Bertz CT molecular complexity index is 410. The minimum atomic E-state index is -0.992. The SMILES string of the molecule is CCOC(=O)CCC(=O)N[C@H](C[C@H](C)C(=O)OCC)C(N)=O. The molecule has 0 saturated carbocycles. The predicted molar refractivity (Wildman–Crippen MR) is 77.4 cm³/mol. The molecule has 0 bridgehead atoms. The number of hydrogen-bond donors (Lipinski definition) is 2. The van der Waals surface area contributed by atoms with Gasteiger partial charge in [0.2, 0.25) is 11.8 Å². The minimum Gasteiger partial charge on any atom is -0.466 e. The highest BCUT2D eigenvalue weighted by atomic mass is 16.5. The molecule has 2 atom stereocenters. The summed E-state index contributed by atoms with van der Waals surface area (Å²) >= 11 is 0. The largest absolute Gasteiger partial charge is 0.466 e. The molecule has 22 heavy (non-hydrogen) atoms. The highest BCUT2D eigenvalue weighted by Gasteiger charge is 2.25. The normalized spacial score (nSPS) is 12.9. The van der Waals surface area contributed by atoms with Gasteiger partial charge in [-0.3, -0.25) is 19.2 Å². The third-order valence-corrected chi connectivity index (χ3v) is 2.82. The summed E-state index contributed by atoms with van der Waals surface area (Å²) in [5.74, 6) is -2.79. The van der Waals surface area contributed by atoms with Crippen LogP contribution >= 0.6 is 0 Å². The van der Waals surface area contributed by atoms with Crippen molar-refractivity contribution in [3.63, 3.8) is 0 Å². The Hall–Kier alpha value is -2.12. The molecule has 8 heteroatoms. The first-order valence-electron chi connectivity index (χ1n) is 7.22. The van der Waals surface area contributed by atoms with Gasteiger partial charge in [-0.2, -0.15) is 0 Å². The smallest absolute Gasteiger partial charge is 0.308 e. The Labute approximate surface area is 129 Å². The molecule has 8 nitrogen and oxygen atoms in total. The van der Waals surface area contributed by atoms with Crippen LogP contribution in [0.4, 0.5) is 0 Å². The second-order valence-electron chi connectivity index (χ2n) is 4.72. The van der Waals surface area contributed by atoms with Crippen LogP contribution in [0.3, 0.4) is 0 Å². The standard InChI is InChI=1S/C14H24N2O6/c1-4-21-12(18)7-6-11(17)16-10(13(15)19)8-9(3)14(20)22-5-2/h9-10H,4-8H2,1-3H3,(H2,15,19)(H,16,17)/t9-,10+/m0/s1. The quantitative estimate of drug-likeness (QED) is 0.542. The van der Waals surface area contributed by atoms with Crippen LogP contribution in [0.1, 0.15) is 40.0 Å². The fraction of sp³-hybridized carbons (Fsp3) is 0.714. The van der Waals surface area contributed by atoms with E-state index in [2.05, 4.69) is 5.32 Å². The molecule has 0 radical (unpaired) electrons. The Kier molecular flexibility index (Phi) is 9.56. The molecule has 0 heterocycles. The Morgan fingerprint density at radius 1 is 1.05 bits per heavy atom. The van der Waals surface area contributed by atoms with Gasteiger partial charge in [0.15, 0.2) is 0 Å². The molecule has 126 valence electrons. The number of nitrogens with two attached hydrogens (primary N) is 1. The lowest BCUT2D eigenvalue weighted by atomic mass is 10.0. The monoisotopic (exact) mass is 316 g/mol. The number of amides is 2. The van der Waals surface area contributed by atoms with E-state index in [0.29, 0.717) is 0 Å². The van der Waals surface area contributed by atoms with Crippen LogP contribution in [-0.4, -0.2) is 43.0 Å². The summed E-state index contributed by atoms with van der Waals surface area (Å²) in [6, 6.07) is -0.992.